The molecule has 96 valence electrons. The summed E-state index contributed by atoms with van der Waals surface area (Å²) in [6.45, 7) is 0.549. The van der Waals surface area contributed by atoms with Crippen molar-refractivity contribution in [1.82, 2.24) is 9.88 Å². The van der Waals surface area contributed by atoms with Crippen LogP contribution < -0.4 is 0 Å². The van der Waals surface area contributed by atoms with Gasteiger partial charge in [0, 0.05) is 13.1 Å². The van der Waals surface area contributed by atoms with Crippen LogP contribution >= 0.6 is 11.6 Å². The van der Waals surface area contributed by atoms with Crippen molar-refractivity contribution in [2.45, 2.75) is 12.5 Å². The van der Waals surface area contributed by atoms with Gasteiger partial charge < -0.3 is 10.0 Å². The van der Waals surface area contributed by atoms with Crippen LogP contribution in [0.1, 0.15) is 16.8 Å². The minimum absolute atomic E-state index is 0.0173. The minimum atomic E-state index is -0.678. The normalized spacial score (nSPS) is 19.0. The first-order chi connectivity index (χ1) is 8.49. The second kappa shape index (κ2) is 4.87. The molecule has 1 aromatic heterocycles. The van der Waals surface area contributed by atoms with E-state index in [1.165, 1.54) is 11.0 Å². The van der Waals surface area contributed by atoms with Gasteiger partial charge in [0.2, 0.25) is 0 Å². The molecule has 1 atom stereocenters. The van der Waals surface area contributed by atoms with E-state index in [0.29, 0.717) is 13.0 Å². The van der Waals surface area contributed by atoms with Gasteiger partial charge in [0.05, 0.1) is 11.0 Å². The number of amides is 1. The van der Waals surface area contributed by atoms with Gasteiger partial charge in [-0.2, -0.15) is 0 Å². The van der Waals surface area contributed by atoms with Crippen molar-refractivity contribution in [2.24, 2.45) is 0 Å². The Hall–Kier alpha value is -1.73. The number of halogens is 1. The lowest BCUT2D eigenvalue weighted by Crippen LogP contribution is -2.30. The topological polar surface area (TPSA) is 96.6 Å². The van der Waals surface area contributed by atoms with Gasteiger partial charge in [0.1, 0.15) is 16.9 Å². The lowest BCUT2D eigenvalue weighted by Gasteiger charge is -2.15. The number of hydrogen-bond donors (Lipinski definition) is 1. The average Bonchev–Trinajstić information content (AvgIpc) is 2.74. The van der Waals surface area contributed by atoms with Crippen LogP contribution in [-0.2, 0) is 0 Å². The number of aromatic nitrogens is 1. The molecule has 1 amide bonds. The summed E-state index contributed by atoms with van der Waals surface area (Å²) in [7, 11) is 0. The summed E-state index contributed by atoms with van der Waals surface area (Å²) in [5.41, 5.74) is -0.486. The van der Waals surface area contributed by atoms with Gasteiger partial charge in [-0.3, -0.25) is 14.9 Å². The number of aliphatic hydroxyl groups excluding tert-OH is 1. The Morgan fingerprint density at radius 2 is 2.39 bits per heavy atom. The van der Waals surface area contributed by atoms with Crippen LogP contribution in [0, 0.1) is 10.1 Å². The number of carbonyl (C=O) groups excluding carboxylic acids is 1. The first kappa shape index (κ1) is 12.7. The van der Waals surface area contributed by atoms with Crippen LogP contribution in [-0.4, -0.2) is 45.0 Å². The predicted octanol–water partition coefficient (Wildman–Crippen LogP) is 0.850. The van der Waals surface area contributed by atoms with E-state index in [-0.39, 0.29) is 22.9 Å². The van der Waals surface area contributed by atoms with Crippen LogP contribution in [0.2, 0.25) is 5.15 Å². The zero-order valence-corrected chi connectivity index (χ0v) is 10.0. The molecule has 7 nitrogen and oxygen atoms in total. The highest BCUT2D eigenvalue weighted by Gasteiger charge is 2.30. The predicted molar refractivity (Wildman–Crippen MR) is 62.4 cm³/mol. The van der Waals surface area contributed by atoms with E-state index in [1.54, 1.807) is 0 Å². The summed E-state index contributed by atoms with van der Waals surface area (Å²) < 4.78 is 0. The fraction of sp³-hybridized carbons (Fsp3) is 0.400. The van der Waals surface area contributed by atoms with Gasteiger partial charge in [-0.15, -0.1) is 0 Å². The molecule has 1 saturated heterocycles. The molecule has 2 rings (SSSR count). The van der Waals surface area contributed by atoms with E-state index >= 15 is 0 Å². The lowest BCUT2D eigenvalue weighted by atomic mass is 10.2. The van der Waals surface area contributed by atoms with Crippen LogP contribution in [0.15, 0.2) is 12.3 Å². The fourth-order valence-corrected chi connectivity index (χ4v) is 1.99. The number of carbonyl (C=O) groups is 1. The molecule has 18 heavy (non-hydrogen) atoms. The molecule has 0 unspecified atom stereocenters. The highest BCUT2D eigenvalue weighted by Crippen LogP contribution is 2.23. The minimum Gasteiger partial charge on any atom is -0.391 e. The number of nitro groups is 1. The fourth-order valence-electron chi connectivity index (χ4n) is 1.84. The molecule has 0 radical (unpaired) electrons. The summed E-state index contributed by atoms with van der Waals surface area (Å²) in [6, 6.07) is 1.17. The average molecular weight is 272 g/mol. The molecule has 1 aliphatic heterocycles. The van der Waals surface area contributed by atoms with Crippen molar-refractivity contribution in [3.05, 3.63) is 33.1 Å². The van der Waals surface area contributed by atoms with E-state index in [2.05, 4.69) is 4.98 Å². The third kappa shape index (κ3) is 2.41. The number of β-amino-alcohol motifs (C(OH)–C–C–N with tert-alkyl or cyclic N) is 1. The maximum Gasteiger partial charge on any atom is 0.300 e. The standard InChI is InChI=1S/C10H10ClN3O4/c11-9-3-7(8(4-12-9)14(17)18)10(16)13-2-1-6(15)5-13/h3-4,6,15H,1-2,5H2/t6-/m1/s1. The van der Waals surface area contributed by atoms with E-state index in [0.717, 1.165) is 6.20 Å². The van der Waals surface area contributed by atoms with Crippen molar-refractivity contribution in [3.63, 3.8) is 0 Å². The molecule has 0 aliphatic carbocycles. The summed E-state index contributed by atoms with van der Waals surface area (Å²) >= 11 is 5.65. The molecule has 0 spiro atoms. The number of pyridine rings is 1. The summed E-state index contributed by atoms with van der Waals surface area (Å²) in [5.74, 6) is -0.512. The SMILES string of the molecule is O=C(c1cc(Cl)ncc1[N+](=O)[O-])N1CC[C@@H](O)C1. The number of aliphatic hydroxyl groups is 1. The third-order valence-corrected chi connectivity index (χ3v) is 2.93. The quantitative estimate of drug-likeness (QED) is 0.489. The highest BCUT2D eigenvalue weighted by molar-refractivity contribution is 6.29. The van der Waals surface area contributed by atoms with Gasteiger partial charge in [-0.25, -0.2) is 4.98 Å². The number of likely N-dealkylation sites (tertiary alicyclic amines) is 1. The van der Waals surface area contributed by atoms with Crippen molar-refractivity contribution in [2.75, 3.05) is 13.1 Å². The zero-order valence-electron chi connectivity index (χ0n) is 9.24. The van der Waals surface area contributed by atoms with Crippen LogP contribution in [0.5, 0.6) is 0 Å². The Morgan fingerprint density at radius 1 is 1.67 bits per heavy atom. The molecule has 0 saturated carbocycles. The molecule has 1 aliphatic rings. The Bertz CT molecular complexity index is 508. The van der Waals surface area contributed by atoms with Crippen molar-refractivity contribution < 1.29 is 14.8 Å². The van der Waals surface area contributed by atoms with Gasteiger partial charge in [0.25, 0.3) is 11.6 Å². The Morgan fingerprint density at radius 3 is 2.94 bits per heavy atom. The molecule has 1 aromatic rings. The zero-order chi connectivity index (χ0) is 13.3. The van der Waals surface area contributed by atoms with E-state index in [4.69, 9.17) is 11.6 Å². The number of hydrogen-bond acceptors (Lipinski definition) is 5. The van der Waals surface area contributed by atoms with Crippen LogP contribution in [0.3, 0.4) is 0 Å². The molecular formula is C10H10ClN3O4. The van der Waals surface area contributed by atoms with E-state index < -0.39 is 16.9 Å². The Balaban J connectivity index is 2.34. The molecule has 1 N–H and O–H groups in total. The van der Waals surface area contributed by atoms with Gasteiger partial charge in [-0.05, 0) is 12.5 Å². The second-order valence-corrected chi connectivity index (χ2v) is 4.36. The van der Waals surface area contributed by atoms with Crippen molar-refractivity contribution in [1.29, 1.82) is 0 Å². The van der Waals surface area contributed by atoms with Gasteiger partial charge in [0.15, 0.2) is 0 Å². The van der Waals surface area contributed by atoms with E-state index in [1.807, 2.05) is 0 Å². The first-order valence-electron chi connectivity index (χ1n) is 5.26. The molecule has 0 bridgehead atoms. The van der Waals surface area contributed by atoms with Gasteiger partial charge >= 0.3 is 0 Å². The maximum absolute atomic E-state index is 12.1. The summed E-state index contributed by atoms with van der Waals surface area (Å²) in [4.78, 5) is 27.2. The molecule has 2 heterocycles. The summed E-state index contributed by atoms with van der Waals surface area (Å²) in [6.07, 6.45) is 0.853. The largest absolute Gasteiger partial charge is 0.391 e. The molecular weight excluding hydrogens is 262 g/mol. The lowest BCUT2D eigenvalue weighted by molar-refractivity contribution is -0.385. The second-order valence-electron chi connectivity index (χ2n) is 3.97. The Labute approximate surface area is 107 Å². The monoisotopic (exact) mass is 271 g/mol. The van der Waals surface area contributed by atoms with Crippen molar-refractivity contribution in [3.8, 4) is 0 Å². The number of nitrogens with zero attached hydrogens (tertiary/aromatic N) is 3. The number of rotatable bonds is 2. The molecule has 8 heteroatoms. The van der Waals surface area contributed by atoms with Crippen molar-refractivity contribution >= 4 is 23.2 Å². The highest BCUT2D eigenvalue weighted by atomic mass is 35.5. The Kier molecular flexibility index (Phi) is 3.44. The molecule has 1 fully saturated rings. The van der Waals surface area contributed by atoms with Crippen LogP contribution in [0.4, 0.5) is 5.69 Å². The van der Waals surface area contributed by atoms with Crippen LogP contribution in [0.25, 0.3) is 0 Å². The molecule has 0 aromatic carbocycles. The smallest absolute Gasteiger partial charge is 0.300 e. The maximum atomic E-state index is 12.1. The third-order valence-electron chi connectivity index (χ3n) is 2.73. The van der Waals surface area contributed by atoms with E-state index in [9.17, 15) is 20.0 Å². The van der Waals surface area contributed by atoms with Gasteiger partial charge in [-0.1, -0.05) is 11.6 Å². The first-order valence-corrected chi connectivity index (χ1v) is 5.64. The summed E-state index contributed by atoms with van der Waals surface area (Å²) in [5, 5.41) is 20.2.